The minimum absolute atomic E-state index is 0. The number of hydrogen-bond donors (Lipinski definition) is 0. The molecule has 1 aromatic rings. The number of amides is 1. The van der Waals surface area contributed by atoms with Crippen molar-refractivity contribution in [2.24, 2.45) is 0 Å². The summed E-state index contributed by atoms with van der Waals surface area (Å²) in [5, 5.41) is 0. The van der Waals surface area contributed by atoms with E-state index in [2.05, 4.69) is 4.98 Å². The summed E-state index contributed by atoms with van der Waals surface area (Å²) >= 11 is 0. The number of rotatable bonds is 2. The number of piperidine rings is 1. The molecule has 1 N–H and O–H groups in total. The molecule has 0 saturated carbocycles. The van der Waals surface area contributed by atoms with Crippen LogP contribution in [-0.4, -0.2) is 33.4 Å². The summed E-state index contributed by atoms with van der Waals surface area (Å²) < 4.78 is 1.36. The average Bonchev–Trinajstić information content (AvgIpc) is 2.42. The fraction of sp³-hybridized carbons (Fsp3) is 0.615. The Kier molecular flexibility index (Phi) is 5.93. The zero-order valence-corrected chi connectivity index (χ0v) is 14.7. The van der Waals surface area contributed by atoms with Gasteiger partial charge in [-0.25, -0.2) is 0 Å². The zero-order valence-electron chi connectivity index (χ0n) is 11.8. The number of carbonyl (C=O) groups excluding carboxylic acids is 1. The number of aromatic nitrogens is 2. The maximum absolute atomic E-state index is 12.2. The van der Waals surface area contributed by atoms with Crippen LogP contribution in [-0.2, 0) is 32.4 Å². The number of aryl methyl sites for hydroxylation is 1. The number of nitrogens with one attached hydrogen (secondary N) is 1. The first-order valence-corrected chi connectivity index (χ1v) is 6.58. The van der Waals surface area contributed by atoms with E-state index in [0.717, 1.165) is 32.4 Å². The van der Waals surface area contributed by atoms with E-state index in [-0.39, 0.29) is 39.3 Å². The Morgan fingerprint density at radius 3 is 2.45 bits per heavy atom. The van der Waals surface area contributed by atoms with Crippen LogP contribution in [0.25, 0.3) is 5.73 Å². The van der Waals surface area contributed by atoms with Crippen LogP contribution in [0.1, 0.15) is 30.7 Å². The van der Waals surface area contributed by atoms with E-state index in [1.165, 1.54) is 4.57 Å². The van der Waals surface area contributed by atoms with Crippen molar-refractivity contribution in [1.82, 2.24) is 14.5 Å². The molecule has 2 heterocycles. The molecule has 6 nitrogen and oxygen atoms in total. The predicted octanol–water partition coefficient (Wildman–Crippen LogP) is 1.55. The minimum Gasteiger partial charge on any atom is -0.478 e. The summed E-state index contributed by atoms with van der Waals surface area (Å²) in [5.74, 6) is -0.343. The quantitative estimate of drug-likeness (QED) is 0.691. The molecule has 1 aliphatic rings. The van der Waals surface area contributed by atoms with Gasteiger partial charge in [-0.05, 0) is 38.8 Å². The number of carbonyl (C=O) groups is 1. The Morgan fingerprint density at radius 1 is 1.25 bits per heavy atom. The van der Waals surface area contributed by atoms with Gasteiger partial charge in [0.15, 0.2) is 0 Å². The second kappa shape index (κ2) is 7.02. The first kappa shape index (κ1) is 16.9. The van der Waals surface area contributed by atoms with Crippen LogP contribution in [0.5, 0.6) is 0 Å². The molecule has 20 heavy (non-hydrogen) atoms. The van der Waals surface area contributed by atoms with Crippen LogP contribution in [0.4, 0.5) is 5.82 Å². The van der Waals surface area contributed by atoms with E-state index < -0.39 is 5.56 Å². The SMILES string of the molecule is Cc1nc([NH-])c(=O)n(CC(=O)N2CCCCC2)c1C.[W]. The van der Waals surface area contributed by atoms with E-state index >= 15 is 0 Å². The second-order valence-corrected chi connectivity index (χ2v) is 4.96. The zero-order chi connectivity index (χ0) is 14.0. The Labute approximate surface area is 132 Å². The monoisotopic (exact) mass is 447 g/mol. The van der Waals surface area contributed by atoms with E-state index in [0.29, 0.717) is 11.4 Å². The van der Waals surface area contributed by atoms with Crippen LogP contribution in [0.2, 0.25) is 0 Å². The molecule has 1 saturated heterocycles. The third kappa shape index (κ3) is 3.48. The van der Waals surface area contributed by atoms with E-state index in [1.54, 1.807) is 18.7 Å². The number of hydrogen-bond acceptors (Lipinski definition) is 3. The molecule has 0 radical (unpaired) electrons. The maximum Gasteiger partial charge on any atom is 0.249 e. The summed E-state index contributed by atoms with van der Waals surface area (Å²) in [6.45, 7) is 5.05. The van der Waals surface area contributed by atoms with Gasteiger partial charge in [-0.3, -0.25) is 9.59 Å². The molecular weight excluding hydrogens is 428 g/mol. The van der Waals surface area contributed by atoms with Gasteiger partial charge in [-0.15, -0.1) is 0 Å². The van der Waals surface area contributed by atoms with E-state index in [4.69, 9.17) is 5.73 Å². The fourth-order valence-corrected chi connectivity index (χ4v) is 2.34. The molecule has 1 amide bonds. The van der Waals surface area contributed by atoms with Crippen molar-refractivity contribution in [2.75, 3.05) is 13.1 Å². The first-order chi connectivity index (χ1) is 9.00. The summed E-state index contributed by atoms with van der Waals surface area (Å²) in [6.07, 6.45) is 3.21. The normalized spacial score (nSPS) is 14.8. The van der Waals surface area contributed by atoms with Crippen molar-refractivity contribution in [3.63, 3.8) is 0 Å². The van der Waals surface area contributed by atoms with Crippen molar-refractivity contribution in [1.29, 1.82) is 0 Å². The Morgan fingerprint density at radius 2 is 1.85 bits per heavy atom. The number of nitrogens with zero attached hydrogens (tertiary/aromatic N) is 3. The first-order valence-electron chi connectivity index (χ1n) is 6.58. The van der Waals surface area contributed by atoms with Gasteiger partial charge in [0.1, 0.15) is 6.54 Å². The van der Waals surface area contributed by atoms with E-state index in [1.807, 2.05) is 0 Å². The van der Waals surface area contributed by atoms with Crippen LogP contribution >= 0.6 is 0 Å². The standard InChI is InChI=1S/C13H19N4O2.W/c1-9-10(2)17(13(19)12(14)15-9)8-11(18)16-6-4-3-5-7-16;/h3-8H2,1-2H3,(H-,14,15);/q-1;. The Hall–Kier alpha value is -1.16. The average molecular weight is 447 g/mol. The van der Waals surface area contributed by atoms with Crippen LogP contribution in [0, 0.1) is 13.8 Å². The van der Waals surface area contributed by atoms with Gasteiger partial charge in [0.25, 0.3) is 0 Å². The van der Waals surface area contributed by atoms with Crippen molar-refractivity contribution in [2.45, 2.75) is 39.7 Å². The molecule has 2 rings (SSSR count). The molecule has 7 heteroatoms. The second-order valence-electron chi connectivity index (χ2n) is 4.96. The summed E-state index contributed by atoms with van der Waals surface area (Å²) in [6, 6.07) is 0. The molecule has 1 fully saturated rings. The van der Waals surface area contributed by atoms with Crippen molar-refractivity contribution >= 4 is 11.7 Å². The van der Waals surface area contributed by atoms with Crippen molar-refractivity contribution in [3.8, 4) is 0 Å². The van der Waals surface area contributed by atoms with Crippen LogP contribution < -0.4 is 5.56 Å². The van der Waals surface area contributed by atoms with Crippen LogP contribution in [0.3, 0.4) is 0 Å². The molecule has 1 aromatic heterocycles. The van der Waals surface area contributed by atoms with Crippen molar-refractivity contribution < 1.29 is 25.9 Å². The van der Waals surface area contributed by atoms with Gasteiger partial charge in [-0.2, -0.15) is 0 Å². The van der Waals surface area contributed by atoms with Crippen molar-refractivity contribution in [3.05, 3.63) is 27.5 Å². The van der Waals surface area contributed by atoms with Gasteiger partial charge < -0.3 is 20.2 Å². The Balaban J connectivity index is 0.00000200. The minimum atomic E-state index is -0.492. The largest absolute Gasteiger partial charge is 0.478 e. The maximum atomic E-state index is 12.2. The predicted molar refractivity (Wildman–Crippen MR) is 72.4 cm³/mol. The molecule has 1 aliphatic heterocycles. The van der Waals surface area contributed by atoms with E-state index in [9.17, 15) is 9.59 Å². The molecule has 0 aliphatic carbocycles. The molecular formula is C13H19N4O2W-. The summed E-state index contributed by atoms with van der Waals surface area (Å²) in [7, 11) is 0. The fourth-order valence-electron chi connectivity index (χ4n) is 2.34. The topological polar surface area (TPSA) is 79.0 Å². The smallest absolute Gasteiger partial charge is 0.249 e. The summed E-state index contributed by atoms with van der Waals surface area (Å²) in [5.41, 5.74) is 8.31. The molecule has 0 aromatic carbocycles. The van der Waals surface area contributed by atoms with Crippen LogP contribution in [0.15, 0.2) is 4.79 Å². The van der Waals surface area contributed by atoms with Gasteiger partial charge >= 0.3 is 0 Å². The third-order valence-corrected chi connectivity index (χ3v) is 3.66. The van der Waals surface area contributed by atoms with Gasteiger partial charge in [0, 0.05) is 45.7 Å². The van der Waals surface area contributed by atoms with Gasteiger partial charge in [0.05, 0.1) is 0 Å². The molecule has 0 spiro atoms. The molecule has 110 valence electrons. The molecule has 0 unspecified atom stereocenters. The number of likely N-dealkylation sites (tertiary alicyclic amines) is 1. The summed E-state index contributed by atoms with van der Waals surface area (Å²) in [4.78, 5) is 29.7. The molecule has 0 atom stereocenters. The molecule has 0 bridgehead atoms. The Bertz CT molecular complexity index is 550. The van der Waals surface area contributed by atoms with Gasteiger partial charge in [0.2, 0.25) is 11.5 Å². The van der Waals surface area contributed by atoms with Gasteiger partial charge in [-0.1, -0.05) is 0 Å². The third-order valence-electron chi connectivity index (χ3n) is 3.66.